The Hall–Kier alpha value is -5.10. The number of phenols is 1. The number of imide groups is 1. The molecule has 2 fully saturated rings. The zero-order chi connectivity index (χ0) is 32.7. The van der Waals surface area contributed by atoms with E-state index in [9.17, 15) is 28.7 Å². The van der Waals surface area contributed by atoms with E-state index in [-0.39, 0.29) is 40.9 Å². The number of phenolic OH excluding ortho intramolecular Hbond substituents is 1. The molecule has 0 radical (unpaired) electrons. The number of nitrogens with zero attached hydrogens (tertiary/aromatic N) is 4. The molecule has 3 aliphatic rings. The van der Waals surface area contributed by atoms with E-state index in [1.165, 1.54) is 47.8 Å². The van der Waals surface area contributed by atoms with E-state index in [1.807, 2.05) is 0 Å². The predicted molar refractivity (Wildman–Crippen MR) is 165 cm³/mol. The van der Waals surface area contributed by atoms with Gasteiger partial charge in [0, 0.05) is 23.6 Å². The number of carbonyl (C=O) groups excluding carboxylic acids is 2. The highest BCUT2D eigenvalue weighted by atomic mass is 35.5. The van der Waals surface area contributed by atoms with Crippen LogP contribution >= 0.6 is 11.6 Å². The fraction of sp³-hybridized carbons (Fsp3) is 0.273. The molecule has 0 spiro atoms. The molecule has 1 N–H and O–H groups in total. The number of anilines is 1. The van der Waals surface area contributed by atoms with Crippen molar-refractivity contribution in [2.24, 2.45) is 11.3 Å². The number of carbonyl (C=O) groups is 2. The van der Waals surface area contributed by atoms with Crippen molar-refractivity contribution >= 4 is 29.1 Å². The topological polar surface area (TPSA) is 125 Å². The number of methoxy groups -OCH3 is 2. The quantitative estimate of drug-likeness (QED) is 0.255. The zero-order valence-corrected chi connectivity index (χ0v) is 25.7. The molecule has 1 saturated carbocycles. The van der Waals surface area contributed by atoms with Gasteiger partial charge in [-0.15, -0.1) is 0 Å². The van der Waals surface area contributed by atoms with Crippen molar-refractivity contribution in [2.45, 2.75) is 31.8 Å². The summed E-state index contributed by atoms with van der Waals surface area (Å²) in [7, 11) is 2.81. The average Bonchev–Trinajstić information content (AvgIpc) is 3.42. The summed E-state index contributed by atoms with van der Waals surface area (Å²) in [5.74, 6) is -3.52. The fourth-order valence-corrected chi connectivity index (χ4v) is 7.64. The van der Waals surface area contributed by atoms with Crippen LogP contribution in [0.4, 0.5) is 10.1 Å². The Morgan fingerprint density at radius 3 is 2.24 bits per heavy atom. The Bertz CT molecular complexity index is 2080. The second kappa shape index (κ2) is 10.5. The number of rotatable bonds is 5. The summed E-state index contributed by atoms with van der Waals surface area (Å²) < 4.78 is 29.3. The minimum absolute atomic E-state index is 0.00962. The lowest BCUT2D eigenvalue weighted by Gasteiger charge is -2.47. The highest BCUT2D eigenvalue weighted by Crippen LogP contribution is 2.63. The van der Waals surface area contributed by atoms with Gasteiger partial charge in [0.25, 0.3) is 0 Å². The summed E-state index contributed by atoms with van der Waals surface area (Å²) in [6.07, 6.45) is 1.81. The van der Waals surface area contributed by atoms with Crippen LogP contribution in [0.5, 0.6) is 17.2 Å². The molecule has 3 heterocycles. The smallest absolute Gasteiger partial charge is 0.352 e. The summed E-state index contributed by atoms with van der Waals surface area (Å²) in [5.41, 5.74) is -1.14. The number of benzene rings is 3. The summed E-state index contributed by atoms with van der Waals surface area (Å²) >= 11 is 6.07. The van der Waals surface area contributed by atoms with Crippen molar-refractivity contribution in [3.05, 3.63) is 110 Å². The third kappa shape index (κ3) is 3.95. The molecular formula is C33H28ClFN4O7. The Morgan fingerprint density at radius 2 is 1.61 bits per heavy atom. The molecule has 2 aliphatic heterocycles. The zero-order valence-electron chi connectivity index (χ0n) is 24.9. The number of hydrogen-bond donors (Lipinski definition) is 1. The van der Waals surface area contributed by atoms with Gasteiger partial charge in [-0.05, 0) is 49.2 Å². The van der Waals surface area contributed by atoms with Gasteiger partial charge in [-0.2, -0.15) is 0 Å². The largest absolute Gasteiger partial charge is 0.508 e. The minimum Gasteiger partial charge on any atom is -0.508 e. The maximum Gasteiger partial charge on any atom is 0.352 e. The molecule has 0 unspecified atom stereocenters. The van der Waals surface area contributed by atoms with Crippen LogP contribution in [-0.2, 0) is 16.1 Å². The van der Waals surface area contributed by atoms with Crippen LogP contribution in [0.2, 0.25) is 5.02 Å². The van der Waals surface area contributed by atoms with Crippen LogP contribution in [0.1, 0.15) is 30.9 Å². The molecule has 1 aliphatic carbocycles. The average molecular weight is 647 g/mol. The molecule has 4 aromatic rings. The van der Waals surface area contributed by atoms with Gasteiger partial charge in [0.15, 0.2) is 0 Å². The first-order valence-electron chi connectivity index (χ1n) is 14.5. The molecule has 1 aromatic heterocycles. The van der Waals surface area contributed by atoms with Crippen LogP contribution in [0, 0.1) is 17.2 Å². The van der Waals surface area contributed by atoms with Crippen molar-refractivity contribution in [1.82, 2.24) is 13.9 Å². The van der Waals surface area contributed by atoms with Crippen LogP contribution in [0.3, 0.4) is 0 Å². The van der Waals surface area contributed by atoms with Gasteiger partial charge in [0.05, 0.1) is 54.5 Å². The molecule has 1 saturated heterocycles. The van der Waals surface area contributed by atoms with E-state index < -0.39 is 52.3 Å². The second-order valence-electron chi connectivity index (χ2n) is 11.7. The van der Waals surface area contributed by atoms with E-state index in [2.05, 4.69) is 0 Å². The lowest BCUT2D eigenvalue weighted by molar-refractivity contribution is -0.129. The number of aromatic nitrogens is 3. The molecule has 3 aromatic carbocycles. The Labute approximate surface area is 266 Å². The number of amides is 2. The summed E-state index contributed by atoms with van der Waals surface area (Å²) in [5, 5.41) is 10.2. The highest BCUT2D eigenvalue weighted by Gasteiger charge is 2.66. The Kier molecular flexibility index (Phi) is 6.74. The third-order valence-electron chi connectivity index (χ3n) is 9.53. The van der Waals surface area contributed by atoms with Crippen LogP contribution in [0.15, 0.2) is 81.9 Å². The summed E-state index contributed by atoms with van der Waals surface area (Å²) in [6.45, 7) is 1.69. The molecule has 13 heteroatoms. The first-order valence-corrected chi connectivity index (χ1v) is 14.9. The first-order chi connectivity index (χ1) is 22.0. The highest BCUT2D eigenvalue weighted by molar-refractivity contribution is 6.31. The standard InChI is InChI=1S/C33H28ClFN4O7/c1-33-21(29(41)37(30(33)42)18-9-10-23(35)22(34)13-18)16-24-20(28(33)27-25(45-2)14-19(40)15-26(27)46-3)11-12-36-31(43)38(32(44)39(24)36)17-7-5-4-6-8-17/h4-11,13-15,21,24,28,40H,12,16H2,1-3H3/t21-,24+,28+,33+/m0/s1. The molecule has 2 amide bonds. The molecule has 4 atom stereocenters. The Balaban J connectivity index is 1.49. The number of aromatic hydroxyl groups is 1. The fourth-order valence-electron chi connectivity index (χ4n) is 7.46. The molecule has 0 bridgehead atoms. The SMILES string of the molecule is COc1cc(O)cc(OC)c1[C@H]1C2=CCn3c(=O)n(-c4ccccc4)c(=O)n3[C@@H]2C[C@H]2C(=O)N(c3ccc(F)c(Cl)c3)C(=O)[C@@]12C. The predicted octanol–water partition coefficient (Wildman–Crippen LogP) is 4.18. The molecule has 11 nitrogen and oxygen atoms in total. The van der Waals surface area contributed by atoms with Crippen LogP contribution < -0.4 is 25.8 Å². The van der Waals surface area contributed by atoms with Gasteiger partial charge in [-0.1, -0.05) is 35.9 Å². The summed E-state index contributed by atoms with van der Waals surface area (Å²) in [6, 6.07) is 14.1. The van der Waals surface area contributed by atoms with Gasteiger partial charge in [-0.25, -0.2) is 32.8 Å². The number of ether oxygens (including phenoxy) is 2. The van der Waals surface area contributed by atoms with Crippen LogP contribution in [-0.4, -0.2) is 45.1 Å². The van der Waals surface area contributed by atoms with E-state index in [1.54, 1.807) is 43.3 Å². The maximum absolute atomic E-state index is 14.6. The molecule has 236 valence electrons. The van der Waals surface area contributed by atoms with Crippen molar-refractivity contribution in [2.75, 3.05) is 19.1 Å². The van der Waals surface area contributed by atoms with Crippen molar-refractivity contribution in [3.63, 3.8) is 0 Å². The maximum atomic E-state index is 14.6. The van der Waals surface area contributed by atoms with Crippen molar-refractivity contribution < 1.29 is 28.6 Å². The lowest BCUT2D eigenvalue weighted by atomic mass is 9.56. The van der Waals surface area contributed by atoms with E-state index >= 15 is 0 Å². The molecule has 7 rings (SSSR count). The first kappa shape index (κ1) is 29.6. The van der Waals surface area contributed by atoms with Crippen molar-refractivity contribution in [1.29, 1.82) is 0 Å². The normalized spacial score (nSPS) is 23.5. The number of halogens is 2. The number of para-hydroxylation sites is 1. The minimum atomic E-state index is -1.47. The van der Waals surface area contributed by atoms with E-state index in [0.29, 0.717) is 16.8 Å². The van der Waals surface area contributed by atoms with Crippen LogP contribution in [0.25, 0.3) is 5.69 Å². The molecule has 46 heavy (non-hydrogen) atoms. The monoisotopic (exact) mass is 646 g/mol. The van der Waals surface area contributed by atoms with Crippen molar-refractivity contribution in [3.8, 4) is 22.9 Å². The molecular weight excluding hydrogens is 619 g/mol. The van der Waals surface area contributed by atoms with Gasteiger partial charge in [-0.3, -0.25) is 9.59 Å². The van der Waals surface area contributed by atoms with Gasteiger partial charge < -0.3 is 14.6 Å². The number of allylic oxidation sites excluding steroid dienone is 2. The van der Waals surface area contributed by atoms with E-state index in [4.69, 9.17) is 21.1 Å². The second-order valence-corrected chi connectivity index (χ2v) is 12.1. The third-order valence-corrected chi connectivity index (χ3v) is 9.82. The number of hydrogen-bond acceptors (Lipinski definition) is 7. The number of fused-ring (bicyclic) bond motifs is 4. The lowest BCUT2D eigenvalue weighted by Crippen LogP contribution is -2.49. The van der Waals surface area contributed by atoms with Gasteiger partial charge >= 0.3 is 11.4 Å². The summed E-state index contributed by atoms with van der Waals surface area (Å²) in [4.78, 5) is 57.7. The Morgan fingerprint density at radius 1 is 0.935 bits per heavy atom. The van der Waals surface area contributed by atoms with E-state index in [0.717, 1.165) is 15.5 Å². The van der Waals surface area contributed by atoms with Gasteiger partial charge in [0.1, 0.15) is 23.1 Å². The van der Waals surface area contributed by atoms with Gasteiger partial charge in [0.2, 0.25) is 11.8 Å².